The van der Waals surface area contributed by atoms with Crippen LogP contribution in [0.25, 0.3) is 6.08 Å². The van der Waals surface area contributed by atoms with Gasteiger partial charge in [0.2, 0.25) is 5.91 Å². The zero-order valence-electron chi connectivity index (χ0n) is 13.2. The van der Waals surface area contributed by atoms with Crippen LogP contribution < -0.4 is 5.32 Å². The van der Waals surface area contributed by atoms with Crippen molar-refractivity contribution in [2.45, 2.75) is 6.04 Å². The number of carbonyl (C=O) groups excluding carboxylic acids is 2. The van der Waals surface area contributed by atoms with Gasteiger partial charge in [-0.05, 0) is 29.8 Å². The molecule has 0 unspecified atom stereocenters. The van der Waals surface area contributed by atoms with Crippen LogP contribution in [0.1, 0.15) is 5.56 Å². The second-order valence-electron chi connectivity index (χ2n) is 5.65. The van der Waals surface area contributed by atoms with E-state index in [4.69, 9.17) is 12.2 Å². The number of nitrogens with zero attached hydrogens (tertiary/aromatic N) is 1. The molecule has 2 heterocycles. The highest BCUT2D eigenvalue weighted by molar-refractivity contribution is 8.26. The maximum Gasteiger partial charge on any atom is 0.266 e. The molecule has 0 saturated carbocycles. The molecule has 0 spiro atoms. The molecular formula is C16H13FN2O4S3. The third-order valence-electron chi connectivity index (χ3n) is 3.62. The lowest BCUT2D eigenvalue weighted by atomic mass is 10.2. The number of thiocarbonyl (C=S) groups is 1. The van der Waals surface area contributed by atoms with Crippen LogP contribution in [0.15, 0.2) is 40.7 Å². The van der Waals surface area contributed by atoms with E-state index >= 15 is 0 Å². The lowest BCUT2D eigenvalue weighted by Gasteiger charge is -2.16. The van der Waals surface area contributed by atoms with Gasteiger partial charge in [0.1, 0.15) is 16.7 Å². The molecule has 1 fully saturated rings. The minimum atomic E-state index is -3.28. The van der Waals surface area contributed by atoms with Crippen molar-refractivity contribution in [1.29, 1.82) is 0 Å². The Kier molecular flexibility index (Phi) is 5.26. The fourth-order valence-corrected chi connectivity index (χ4v) is 4.90. The van der Waals surface area contributed by atoms with E-state index in [1.54, 1.807) is 6.08 Å². The summed E-state index contributed by atoms with van der Waals surface area (Å²) < 4.78 is 35.9. The first-order valence-corrected chi connectivity index (χ1v) is 10.4. The number of thioether (sulfide) groups is 1. The maximum absolute atomic E-state index is 13.0. The van der Waals surface area contributed by atoms with Crippen molar-refractivity contribution in [2.24, 2.45) is 0 Å². The summed E-state index contributed by atoms with van der Waals surface area (Å²) in [6.07, 6.45) is 2.97. The van der Waals surface area contributed by atoms with Crippen LogP contribution in [0.3, 0.4) is 0 Å². The van der Waals surface area contributed by atoms with Gasteiger partial charge in [0.15, 0.2) is 9.84 Å². The van der Waals surface area contributed by atoms with Crippen LogP contribution in [0.2, 0.25) is 0 Å². The lowest BCUT2D eigenvalue weighted by molar-refractivity contribution is -0.128. The summed E-state index contributed by atoms with van der Waals surface area (Å²) in [5.41, 5.74) is 0.637. The summed E-state index contributed by atoms with van der Waals surface area (Å²) in [7, 11) is -3.28. The van der Waals surface area contributed by atoms with Crippen molar-refractivity contribution < 1.29 is 22.4 Å². The molecule has 1 aromatic rings. The zero-order chi connectivity index (χ0) is 18.9. The Hall–Kier alpha value is -2.04. The molecule has 136 valence electrons. The number of halogens is 1. The standard InChI is InChI=1S/C16H13FN2O4S3/c17-11-3-1-10(2-4-11)7-13-15(21)19(16(24)25-13)8-14(20)18-12-5-6-26(22,23)9-12/h1-7,12H,8-9H2,(H,18,20)/b13-7-/t12-/m1/s1. The van der Waals surface area contributed by atoms with Gasteiger partial charge in [0.05, 0.1) is 16.7 Å². The zero-order valence-corrected chi connectivity index (χ0v) is 15.7. The van der Waals surface area contributed by atoms with Crippen molar-refractivity contribution in [2.75, 3.05) is 12.3 Å². The van der Waals surface area contributed by atoms with Crippen LogP contribution >= 0.6 is 24.0 Å². The molecule has 3 rings (SSSR count). The molecule has 2 amide bonds. The largest absolute Gasteiger partial charge is 0.347 e. The fourth-order valence-electron chi connectivity index (χ4n) is 2.41. The molecule has 2 aliphatic heterocycles. The Balaban J connectivity index is 1.64. The number of amides is 2. The van der Waals surface area contributed by atoms with Crippen molar-refractivity contribution in [3.05, 3.63) is 52.0 Å². The highest BCUT2D eigenvalue weighted by Gasteiger charge is 2.34. The molecule has 0 aromatic heterocycles. The molecule has 0 bridgehead atoms. The smallest absolute Gasteiger partial charge is 0.266 e. The highest BCUT2D eigenvalue weighted by atomic mass is 32.2. The molecule has 1 saturated heterocycles. The number of carbonyl (C=O) groups is 2. The fraction of sp³-hybridized carbons (Fsp3) is 0.188. The van der Waals surface area contributed by atoms with E-state index in [1.807, 2.05) is 0 Å². The molecule has 6 nitrogen and oxygen atoms in total. The predicted molar refractivity (Wildman–Crippen MR) is 101 cm³/mol. The first kappa shape index (κ1) is 18.7. The number of nitrogens with one attached hydrogen (secondary N) is 1. The molecular weight excluding hydrogens is 399 g/mol. The van der Waals surface area contributed by atoms with E-state index in [0.29, 0.717) is 10.5 Å². The lowest BCUT2D eigenvalue weighted by Crippen LogP contribution is -2.43. The van der Waals surface area contributed by atoms with Gasteiger partial charge in [0, 0.05) is 5.41 Å². The van der Waals surface area contributed by atoms with Crippen LogP contribution in [-0.2, 0) is 19.4 Å². The van der Waals surface area contributed by atoms with E-state index in [2.05, 4.69) is 5.32 Å². The second-order valence-corrected chi connectivity index (χ2v) is 9.26. The van der Waals surface area contributed by atoms with Crippen molar-refractivity contribution in [1.82, 2.24) is 10.2 Å². The first-order valence-electron chi connectivity index (χ1n) is 7.45. The number of benzene rings is 1. The molecule has 0 radical (unpaired) electrons. The second kappa shape index (κ2) is 7.29. The number of hydrogen-bond acceptors (Lipinski definition) is 6. The van der Waals surface area contributed by atoms with Crippen LogP contribution in [0.5, 0.6) is 0 Å². The van der Waals surface area contributed by atoms with Gasteiger partial charge in [-0.2, -0.15) is 0 Å². The molecule has 0 aliphatic carbocycles. The van der Waals surface area contributed by atoms with Gasteiger partial charge in [-0.3, -0.25) is 14.5 Å². The molecule has 1 atom stereocenters. The van der Waals surface area contributed by atoms with Crippen molar-refractivity contribution in [3.63, 3.8) is 0 Å². The highest BCUT2D eigenvalue weighted by Crippen LogP contribution is 2.32. The molecule has 1 aromatic carbocycles. The average Bonchev–Trinajstić information content (AvgIpc) is 3.03. The maximum atomic E-state index is 13.0. The van der Waals surface area contributed by atoms with E-state index < -0.39 is 27.7 Å². The van der Waals surface area contributed by atoms with Crippen LogP contribution in [0.4, 0.5) is 4.39 Å². The van der Waals surface area contributed by atoms with Crippen LogP contribution in [0, 0.1) is 5.82 Å². The van der Waals surface area contributed by atoms with E-state index in [1.165, 1.54) is 30.3 Å². The third-order valence-corrected chi connectivity index (χ3v) is 6.39. The monoisotopic (exact) mass is 412 g/mol. The van der Waals surface area contributed by atoms with Crippen molar-refractivity contribution >= 4 is 56.0 Å². The summed E-state index contributed by atoms with van der Waals surface area (Å²) >= 11 is 6.20. The van der Waals surface area contributed by atoms with E-state index in [-0.39, 0.29) is 22.4 Å². The summed E-state index contributed by atoms with van der Waals surface area (Å²) in [6, 6.07) is 5.01. The van der Waals surface area contributed by atoms with Gasteiger partial charge in [-0.25, -0.2) is 12.8 Å². The van der Waals surface area contributed by atoms with Gasteiger partial charge in [0.25, 0.3) is 5.91 Å². The first-order chi connectivity index (χ1) is 12.2. The number of rotatable bonds is 4. The quantitative estimate of drug-likeness (QED) is 0.595. The van der Waals surface area contributed by atoms with Gasteiger partial charge < -0.3 is 5.32 Å². The van der Waals surface area contributed by atoms with E-state index in [0.717, 1.165) is 22.1 Å². The Bertz CT molecular complexity index is 939. The molecule has 1 N–H and O–H groups in total. The SMILES string of the molecule is O=C(CN1C(=O)/C(=C/c2ccc(F)cc2)SC1=S)N[C@@H]1C=CS(=O)(=O)C1. The van der Waals surface area contributed by atoms with Gasteiger partial charge in [-0.1, -0.05) is 36.1 Å². The predicted octanol–water partition coefficient (Wildman–Crippen LogP) is 1.45. The summed E-state index contributed by atoms with van der Waals surface area (Å²) in [4.78, 5) is 26.0. The number of hydrogen-bond donors (Lipinski definition) is 1. The Morgan fingerprint density at radius 3 is 2.69 bits per heavy atom. The molecule has 10 heteroatoms. The molecule has 26 heavy (non-hydrogen) atoms. The van der Waals surface area contributed by atoms with E-state index in [9.17, 15) is 22.4 Å². The molecule has 2 aliphatic rings. The van der Waals surface area contributed by atoms with Gasteiger partial charge >= 0.3 is 0 Å². The average molecular weight is 412 g/mol. The Morgan fingerprint density at radius 2 is 2.08 bits per heavy atom. The van der Waals surface area contributed by atoms with Crippen molar-refractivity contribution in [3.8, 4) is 0 Å². The summed E-state index contributed by atoms with van der Waals surface area (Å²) in [5, 5.41) is 3.60. The van der Waals surface area contributed by atoms with Gasteiger partial charge in [-0.15, -0.1) is 0 Å². The Morgan fingerprint density at radius 1 is 1.38 bits per heavy atom. The topological polar surface area (TPSA) is 83.6 Å². The minimum Gasteiger partial charge on any atom is -0.347 e. The van der Waals surface area contributed by atoms with Crippen LogP contribution in [-0.4, -0.2) is 47.8 Å². The minimum absolute atomic E-state index is 0.193. The Labute approximate surface area is 159 Å². The third kappa shape index (κ3) is 4.37. The summed E-state index contributed by atoms with van der Waals surface area (Å²) in [6.45, 7) is -0.296. The summed E-state index contributed by atoms with van der Waals surface area (Å²) in [5.74, 6) is -1.50. The normalized spacial score (nSPS) is 23.0. The number of sulfone groups is 1.